The zero-order valence-corrected chi connectivity index (χ0v) is 14.9. The second kappa shape index (κ2) is 6.89. The topological polar surface area (TPSA) is 32.7 Å². The van der Waals surface area contributed by atoms with Gasteiger partial charge < -0.3 is 4.90 Å². The van der Waals surface area contributed by atoms with E-state index in [4.69, 9.17) is 4.99 Å². The van der Waals surface area contributed by atoms with Crippen molar-refractivity contribution >= 4 is 11.5 Å². The van der Waals surface area contributed by atoms with Gasteiger partial charge in [-0.05, 0) is 25.6 Å². The molecule has 3 nitrogen and oxygen atoms in total. The Morgan fingerprint density at radius 1 is 1.04 bits per heavy atom. The summed E-state index contributed by atoms with van der Waals surface area (Å²) in [6, 6.07) is 16.0. The minimum Gasteiger partial charge on any atom is -0.348 e. The van der Waals surface area contributed by atoms with Gasteiger partial charge in [0, 0.05) is 23.7 Å². The van der Waals surface area contributed by atoms with Crippen LogP contribution in [-0.4, -0.2) is 23.4 Å². The molecule has 0 saturated heterocycles. The number of rotatable bonds is 4. The monoisotopic (exact) mass is 330 g/mol. The first-order chi connectivity index (χ1) is 12.0. The summed E-state index contributed by atoms with van der Waals surface area (Å²) in [6.07, 6.45) is 1.66. The van der Waals surface area contributed by atoms with Gasteiger partial charge in [-0.15, -0.1) is 0 Å². The highest BCUT2D eigenvalue weighted by Gasteiger charge is 2.29. The lowest BCUT2D eigenvalue weighted by atomic mass is 9.86. The highest BCUT2D eigenvalue weighted by atomic mass is 16.1. The van der Waals surface area contributed by atoms with Crippen molar-refractivity contribution in [1.82, 2.24) is 4.90 Å². The number of ketones is 1. The summed E-state index contributed by atoms with van der Waals surface area (Å²) < 4.78 is 0. The summed E-state index contributed by atoms with van der Waals surface area (Å²) in [7, 11) is 1.84. The van der Waals surface area contributed by atoms with Crippen LogP contribution in [0.25, 0.3) is 0 Å². The molecule has 0 amide bonds. The second-order valence-electron chi connectivity index (χ2n) is 6.29. The van der Waals surface area contributed by atoms with Crippen molar-refractivity contribution in [2.24, 2.45) is 4.99 Å². The Balaban J connectivity index is 2.09. The highest BCUT2D eigenvalue weighted by Crippen LogP contribution is 2.28. The Morgan fingerprint density at radius 2 is 1.68 bits per heavy atom. The maximum Gasteiger partial charge on any atom is 0.210 e. The lowest BCUT2D eigenvalue weighted by Gasteiger charge is -2.26. The van der Waals surface area contributed by atoms with Crippen LogP contribution in [0.1, 0.15) is 34.0 Å². The molecule has 1 aliphatic rings. The Hall–Kier alpha value is -2.94. The van der Waals surface area contributed by atoms with Crippen LogP contribution in [0.3, 0.4) is 0 Å². The van der Waals surface area contributed by atoms with Crippen molar-refractivity contribution in [1.29, 1.82) is 0 Å². The molecule has 0 saturated carbocycles. The largest absolute Gasteiger partial charge is 0.348 e. The fourth-order valence-corrected chi connectivity index (χ4v) is 3.08. The van der Waals surface area contributed by atoms with E-state index in [1.54, 1.807) is 11.1 Å². The predicted molar refractivity (Wildman–Crippen MR) is 103 cm³/mol. The number of hydrogen-bond acceptors (Lipinski definition) is 3. The van der Waals surface area contributed by atoms with E-state index in [1.807, 2.05) is 38.2 Å². The minimum atomic E-state index is 0.0183. The number of likely N-dealkylation sites (N-methyl/N-ethyl adjacent to an activating group) is 1. The molecule has 0 spiro atoms. The lowest BCUT2D eigenvalue weighted by molar-refractivity contribution is 0.101. The number of aryl methyl sites for hydroxylation is 1. The number of allylic oxidation sites excluding steroid dienone is 2. The van der Waals surface area contributed by atoms with Crippen molar-refractivity contribution < 1.29 is 4.79 Å². The Morgan fingerprint density at radius 3 is 2.32 bits per heavy atom. The molecule has 0 radical (unpaired) electrons. The van der Waals surface area contributed by atoms with Crippen LogP contribution in [0.2, 0.25) is 0 Å². The van der Waals surface area contributed by atoms with Gasteiger partial charge in [0.15, 0.2) is 0 Å². The molecule has 0 bridgehead atoms. The fraction of sp³-hybridized carbons (Fsp3) is 0.182. The first-order valence-electron chi connectivity index (χ1n) is 8.33. The molecule has 0 fully saturated rings. The zero-order chi connectivity index (χ0) is 18.0. The van der Waals surface area contributed by atoms with Gasteiger partial charge in [-0.3, -0.25) is 9.79 Å². The van der Waals surface area contributed by atoms with Crippen LogP contribution in [-0.2, 0) is 6.54 Å². The number of aliphatic imine (C=N–C) groups is 1. The molecular formula is C22H22N2O. The summed E-state index contributed by atoms with van der Waals surface area (Å²) >= 11 is 0. The molecule has 0 atom stereocenters. The minimum absolute atomic E-state index is 0.0183. The number of benzene rings is 2. The predicted octanol–water partition coefficient (Wildman–Crippen LogP) is 4.53. The van der Waals surface area contributed by atoms with E-state index < -0.39 is 0 Å². The highest BCUT2D eigenvalue weighted by molar-refractivity contribution is 6.28. The van der Waals surface area contributed by atoms with Crippen molar-refractivity contribution in [3.05, 3.63) is 94.8 Å². The quantitative estimate of drug-likeness (QED) is 0.825. The maximum absolute atomic E-state index is 12.9. The summed E-state index contributed by atoms with van der Waals surface area (Å²) in [5.74, 6) is 0.0183. The molecule has 0 aliphatic heterocycles. The van der Waals surface area contributed by atoms with Crippen LogP contribution in [0.4, 0.5) is 0 Å². The maximum atomic E-state index is 12.9. The third kappa shape index (κ3) is 3.18. The van der Waals surface area contributed by atoms with E-state index in [1.165, 1.54) is 5.56 Å². The normalized spacial score (nSPS) is 15.3. The summed E-state index contributed by atoms with van der Waals surface area (Å²) in [6.45, 7) is 8.40. The number of hydrogen-bond donors (Lipinski definition) is 0. The molecule has 3 heteroatoms. The van der Waals surface area contributed by atoms with Gasteiger partial charge in [0.1, 0.15) is 0 Å². The summed E-state index contributed by atoms with van der Waals surface area (Å²) in [5, 5.41) is 0. The van der Waals surface area contributed by atoms with Crippen LogP contribution >= 0.6 is 0 Å². The van der Waals surface area contributed by atoms with Crippen molar-refractivity contribution in [3.8, 4) is 0 Å². The SMILES string of the molecule is C=CN(C)C1=C(C)C(=NCc2ccc(C)cc2)c2ccccc2C1=O. The Kier molecular flexibility index (Phi) is 4.66. The molecule has 2 aromatic carbocycles. The third-order valence-electron chi connectivity index (χ3n) is 4.52. The van der Waals surface area contributed by atoms with Crippen LogP contribution in [0, 0.1) is 6.92 Å². The standard InChI is InChI=1S/C22H22N2O/c1-5-24(4)21-16(3)20(18-8-6-7-9-19(18)22(21)25)23-14-17-12-10-15(2)11-13-17/h5-13H,1,14H2,2-4H3. The van der Waals surface area contributed by atoms with Gasteiger partial charge >= 0.3 is 0 Å². The third-order valence-corrected chi connectivity index (χ3v) is 4.52. The number of fused-ring (bicyclic) bond motifs is 1. The fourth-order valence-electron chi connectivity index (χ4n) is 3.08. The Labute approximate surface area is 149 Å². The van der Waals surface area contributed by atoms with E-state index in [0.717, 1.165) is 22.4 Å². The lowest BCUT2D eigenvalue weighted by Crippen LogP contribution is -2.29. The smallest absolute Gasteiger partial charge is 0.210 e. The van der Waals surface area contributed by atoms with Crippen molar-refractivity contribution in [3.63, 3.8) is 0 Å². The van der Waals surface area contributed by atoms with Gasteiger partial charge in [-0.2, -0.15) is 0 Å². The number of nitrogens with zero attached hydrogens (tertiary/aromatic N) is 2. The first kappa shape index (κ1) is 16.9. The molecule has 1 aliphatic carbocycles. The van der Waals surface area contributed by atoms with Crippen LogP contribution in [0.15, 0.2) is 77.6 Å². The second-order valence-corrected chi connectivity index (χ2v) is 6.29. The molecule has 0 aromatic heterocycles. The van der Waals surface area contributed by atoms with Crippen LogP contribution in [0.5, 0.6) is 0 Å². The van der Waals surface area contributed by atoms with Crippen molar-refractivity contribution in [2.45, 2.75) is 20.4 Å². The molecular weight excluding hydrogens is 308 g/mol. The molecule has 25 heavy (non-hydrogen) atoms. The number of Topliss-reactive ketones (excluding diaryl/α,β-unsaturated/α-hetero) is 1. The molecule has 2 aromatic rings. The molecule has 0 unspecified atom stereocenters. The first-order valence-corrected chi connectivity index (χ1v) is 8.33. The molecule has 126 valence electrons. The zero-order valence-electron chi connectivity index (χ0n) is 14.9. The van der Waals surface area contributed by atoms with E-state index in [-0.39, 0.29) is 5.78 Å². The summed E-state index contributed by atoms with van der Waals surface area (Å²) in [4.78, 5) is 19.5. The van der Waals surface area contributed by atoms with Gasteiger partial charge in [0.25, 0.3) is 0 Å². The van der Waals surface area contributed by atoms with Crippen molar-refractivity contribution in [2.75, 3.05) is 7.05 Å². The van der Waals surface area contributed by atoms with E-state index in [9.17, 15) is 4.79 Å². The van der Waals surface area contributed by atoms with Gasteiger partial charge in [-0.1, -0.05) is 60.7 Å². The molecule has 0 heterocycles. The molecule has 3 rings (SSSR count). The van der Waals surface area contributed by atoms with E-state index in [2.05, 4.69) is 37.8 Å². The van der Waals surface area contributed by atoms with E-state index in [0.29, 0.717) is 17.8 Å². The number of carbonyl (C=O) groups excluding carboxylic acids is 1. The average Bonchev–Trinajstić information content (AvgIpc) is 2.63. The number of carbonyl (C=O) groups is 1. The average molecular weight is 330 g/mol. The Bertz CT molecular complexity index is 888. The van der Waals surface area contributed by atoms with Gasteiger partial charge in [-0.25, -0.2) is 0 Å². The van der Waals surface area contributed by atoms with E-state index >= 15 is 0 Å². The van der Waals surface area contributed by atoms with Gasteiger partial charge in [0.05, 0.1) is 18.0 Å². The van der Waals surface area contributed by atoms with Crippen LogP contribution < -0.4 is 0 Å². The molecule has 0 N–H and O–H groups in total. The summed E-state index contributed by atoms with van der Waals surface area (Å²) in [5.41, 5.74) is 6.38. The van der Waals surface area contributed by atoms with Gasteiger partial charge in [0.2, 0.25) is 5.78 Å².